The monoisotopic (exact) mass is 352 g/mol. The fourth-order valence-electron chi connectivity index (χ4n) is 3.60. The van der Waals surface area contributed by atoms with E-state index in [-0.39, 0.29) is 29.4 Å². The molecule has 0 unspecified atom stereocenters. The van der Waals surface area contributed by atoms with Crippen molar-refractivity contribution in [2.75, 3.05) is 5.73 Å². The number of aromatic nitrogens is 1. The molecule has 132 valence electrons. The Kier molecular flexibility index (Phi) is 3.12. The maximum atomic E-state index is 12.7. The van der Waals surface area contributed by atoms with Gasteiger partial charge in [-0.05, 0) is 31.0 Å². The molecule has 8 nitrogen and oxygen atoms in total. The minimum atomic E-state index is -0.772. The first-order chi connectivity index (χ1) is 12.2. The van der Waals surface area contributed by atoms with E-state index in [1.807, 2.05) is 6.07 Å². The Morgan fingerprint density at radius 2 is 1.85 bits per heavy atom. The number of nitrogens with two attached hydrogens (primary N) is 1. The molecule has 0 spiro atoms. The Balaban J connectivity index is 2.03. The first kappa shape index (κ1) is 16.1. The van der Waals surface area contributed by atoms with Gasteiger partial charge in [0.25, 0.3) is 17.4 Å². The number of nitrogens with zero attached hydrogens (tertiary/aromatic N) is 1. The summed E-state index contributed by atoms with van der Waals surface area (Å²) < 4.78 is 1.21. The number of carbonyl (C=O) groups is 3. The van der Waals surface area contributed by atoms with Gasteiger partial charge in [0, 0.05) is 12.6 Å². The molecule has 0 radical (unpaired) electrons. The third-order valence-electron chi connectivity index (χ3n) is 5.01. The summed E-state index contributed by atoms with van der Waals surface area (Å²) in [6, 6.07) is 6.38. The highest BCUT2D eigenvalue weighted by molar-refractivity contribution is 6.23. The predicted molar refractivity (Wildman–Crippen MR) is 93.1 cm³/mol. The van der Waals surface area contributed by atoms with Gasteiger partial charge in [0.2, 0.25) is 5.91 Å². The van der Waals surface area contributed by atoms with Crippen LogP contribution in [0.5, 0.6) is 0 Å². The summed E-state index contributed by atoms with van der Waals surface area (Å²) in [5, 5.41) is 4.96. The van der Waals surface area contributed by atoms with Crippen molar-refractivity contribution in [3.8, 4) is 5.69 Å². The van der Waals surface area contributed by atoms with Gasteiger partial charge in [-0.2, -0.15) is 0 Å². The summed E-state index contributed by atoms with van der Waals surface area (Å²) in [5.41, 5.74) is 6.80. The molecule has 1 aromatic carbocycles. The number of carbonyl (C=O) groups excluding carboxylic acids is 3. The van der Waals surface area contributed by atoms with Crippen LogP contribution < -0.4 is 21.9 Å². The van der Waals surface area contributed by atoms with Crippen LogP contribution in [0.2, 0.25) is 0 Å². The first-order valence-corrected chi connectivity index (χ1v) is 8.05. The number of hydrogen-bond acceptors (Lipinski definition) is 5. The number of nitrogens with one attached hydrogen (secondary N) is 2. The molecule has 2 aromatic rings. The molecular formula is C18H16N4O4. The van der Waals surface area contributed by atoms with E-state index < -0.39 is 22.8 Å². The molecule has 3 heterocycles. The van der Waals surface area contributed by atoms with Crippen LogP contribution in [0.15, 0.2) is 29.1 Å². The van der Waals surface area contributed by atoms with Crippen molar-refractivity contribution >= 4 is 23.5 Å². The van der Waals surface area contributed by atoms with Crippen LogP contribution in [0.1, 0.15) is 45.7 Å². The molecule has 0 saturated carbocycles. The lowest BCUT2D eigenvalue weighted by Gasteiger charge is -2.33. The summed E-state index contributed by atoms with van der Waals surface area (Å²) in [6.07, 6.45) is 0. The maximum Gasteiger partial charge on any atom is 0.262 e. The number of imide groups is 1. The Morgan fingerprint density at radius 1 is 1.12 bits per heavy atom. The standard InChI is InChI=1S/C18H16N4O4/c1-18(2)10-4-3-5-11(9(10)7-20-17(18)26)22-12(23)6-8-13(14(22)19)16(25)21-15(8)24/h3-6H,7,19H2,1-2H3,(H,20,26)(H,21,24,25). The molecule has 1 aromatic heterocycles. The van der Waals surface area contributed by atoms with Gasteiger partial charge in [-0.1, -0.05) is 12.1 Å². The third kappa shape index (κ3) is 1.95. The van der Waals surface area contributed by atoms with E-state index >= 15 is 0 Å². The number of fused-ring (bicyclic) bond motifs is 2. The highest BCUT2D eigenvalue weighted by atomic mass is 16.2. The second-order valence-electron chi connectivity index (χ2n) is 6.89. The van der Waals surface area contributed by atoms with Crippen LogP contribution in [0, 0.1) is 0 Å². The lowest BCUT2D eigenvalue weighted by atomic mass is 9.78. The van der Waals surface area contributed by atoms with Crippen LogP contribution in [0.25, 0.3) is 5.69 Å². The van der Waals surface area contributed by atoms with Crippen molar-refractivity contribution in [2.24, 2.45) is 0 Å². The molecule has 26 heavy (non-hydrogen) atoms. The van der Waals surface area contributed by atoms with E-state index in [2.05, 4.69) is 10.6 Å². The number of nitrogen functional groups attached to an aromatic ring is 1. The molecule has 0 saturated heterocycles. The number of hydrogen-bond donors (Lipinski definition) is 3. The third-order valence-corrected chi connectivity index (χ3v) is 5.01. The Hall–Kier alpha value is -3.42. The molecule has 0 bridgehead atoms. The van der Waals surface area contributed by atoms with Crippen LogP contribution in [0.3, 0.4) is 0 Å². The Morgan fingerprint density at radius 3 is 2.58 bits per heavy atom. The summed E-state index contributed by atoms with van der Waals surface area (Å²) in [7, 11) is 0. The fraction of sp³-hybridized carbons (Fsp3) is 0.222. The molecule has 2 aliphatic heterocycles. The summed E-state index contributed by atoms with van der Waals surface area (Å²) >= 11 is 0. The molecule has 0 aliphatic carbocycles. The van der Waals surface area contributed by atoms with Crippen LogP contribution in [0.4, 0.5) is 5.82 Å². The highest BCUT2D eigenvalue weighted by Crippen LogP contribution is 2.34. The zero-order chi connectivity index (χ0) is 18.8. The number of rotatable bonds is 1. The lowest BCUT2D eigenvalue weighted by molar-refractivity contribution is -0.126. The number of pyridine rings is 1. The number of amides is 3. The van der Waals surface area contributed by atoms with Crippen molar-refractivity contribution in [3.63, 3.8) is 0 Å². The average molecular weight is 352 g/mol. The molecule has 0 fully saturated rings. The second-order valence-corrected chi connectivity index (χ2v) is 6.89. The summed E-state index contributed by atoms with van der Waals surface area (Å²) in [6.45, 7) is 3.83. The van der Waals surface area contributed by atoms with Gasteiger partial charge in [0.15, 0.2) is 0 Å². The summed E-state index contributed by atoms with van der Waals surface area (Å²) in [4.78, 5) is 48.7. The second kappa shape index (κ2) is 5.04. The highest BCUT2D eigenvalue weighted by Gasteiger charge is 2.37. The molecule has 3 amide bonds. The van der Waals surface area contributed by atoms with Gasteiger partial charge < -0.3 is 11.1 Å². The maximum absolute atomic E-state index is 12.7. The zero-order valence-electron chi connectivity index (χ0n) is 14.2. The van der Waals surface area contributed by atoms with Gasteiger partial charge in [-0.15, -0.1) is 0 Å². The Labute approximate surface area is 148 Å². The minimum absolute atomic E-state index is 0.00805. The number of anilines is 1. The van der Waals surface area contributed by atoms with Gasteiger partial charge in [-0.25, -0.2) is 0 Å². The Bertz CT molecular complexity index is 1080. The molecule has 4 N–H and O–H groups in total. The van der Waals surface area contributed by atoms with E-state index in [9.17, 15) is 19.2 Å². The average Bonchev–Trinajstić information content (AvgIpc) is 2.85. The lowest BCUT2D eigenvalue weighted by Crippen LogP contribution is -2.45. The van der Waals surface area contributed by atoms with E-state index in [4.69, 9.17) is 5.73 Å². The largest absolute Gasteiger partial charge is 0.384 e. The topological polar surface area (TPSA) is 123 Å². The minimum Gasteiger partial charge on any atom is -0.384 e. The van der Waals surface area contributed by atoms with Crippen molar-refractivity contribution in [1.29, 1.82) is 0 Å². The predicted octanol–water partition coefficient (Wildman–Crippen LogP) is 0.211. The van der Waals surface area contributed by atoms with Gasteiger partial charge in [-0.3, -0.25) is 29.1 Å². The molecule has 4 rings (SSSR count). The molecule has 2 aliphatic rings. The summed E-state index contributed by atoms with van der Waals surface area (Å²) in [5.74, 6) is -1.47. The van der Waals surface area contributed by atoms with Gasteiger partial charge in [0.1, 0.15) is 5.82 Å². The van der Waals surface area contributed by atoms with Gasteiger partial charge in [0.05, 0.1) is 22.2 Å². The first-order valence-electron chi connectivity index (χ1n) is 8.05. The van der Waals surface area contributed by atoms with E-state index in [1.54, 1.807) is 26.0 Å². The van der Waals surface area contributed by atoms with E-state index in [0.717, 1.165) is 17.2 Å². The van der Waals surface area contributed by atoms with Crippen molar-refractivity contribution in [1.82, 2.24) is 15.2 Å². The van der Waals surface area contributed by atoms with Crippen molar-refractivity contribution < 1.29 is 14.4 Å². The zero-order valence-corrected chi connectivity index (χ0v) is 14.2. The van der Waals surface area contributed by atoms with E-state index in [1.165, 1.54) is 4.57 Å². The SMILES string of the molecule is CC1(C)C(=O)NCc2c(-n3c(N)c4c(cc3=O)C(=O)NC4=O)cccc21. The normalized spacial score (nSPS) is 17.4. The van der Waals surface area contributed by atoms with Crippen LogP contribution in [-0.2, 0) is 16.8 Å². The molecule has 8 heteroatoms. The number of benzene rings is 1. The quantitative estimate of drug-likeness (QED) is 0.633. The molecular weight excluding hydrogens is 336 g/mol. The molecule has 0 atom stereocenters. The van der Waals surface area contributed by atoms with Crippen LogP contribution >= 0.6 is 0 Å². The fourth-order valence-corrected chi connectivity index (χ4v) is 3.60. The van der Waals surface area contributed by atoms with Gasteiger partial charge >= 0.3 is 0 Å². The smallest absolute Gasteiger partial charge is 0.262 e. The van der Waals surface area contributed by atoms with Crippen LogP contribution in [-0.4, -0.2) is 22.3 Å². The van der Waals surface area contributed by atoms with Crippen molar-refractivity contribution in [3.05, 3.63) is 56.9 Å². The van der Waals surface area contributed by atoms with Crippen molar-refractivity contribution in [2.45, 2.75) is 25.8 Å². The van der Waals surface area contributed by atoms with E-state index in [0.29, 0.717) is 5.69 Å².